The van der Waals surface area contributed by atoms with Gasteiger partial charge in [-0.25, -0.2) is 4.98 Å². The molecule has 17 heavy (non-hydrogen) atoms. The van der Waals surface area contributed by atoms with Gasteiger partial charge in [0.05, 0.1) is 17.3 Å². The lowest BCUT2D eigenvalue weighted by atomic mass is 10.2. The third kappa shape index (κ3) is 1.65. The fourth-order valence-corrected chi connectivity index (χ4v) is 2.59. The topological polar surface area (TPSA) is 37.6 Å². The predicted octanol–water partition coefficient (Wildman–Crippen LogP) is 1.91. The van der Waals surface area contributed by atoms with Gasteiger partial charge in [-0.15, -0.1) is 0 Å². The first-order valence-corrected chi connectivity index (χ1v) is 5.92. The van der Waals surface area contributed by atoms with E-state index >= 15 is 0 Å². The third-order valence-corrected chi connectivity index (χ3v) is 3.52. The van der Waals surface area contributed by atoms with Gasteiger partial charge in [0.25, 0.3) is 0 Å². The van der Waals surface area contributed by atoms with Gasteiger partial charge in [0.2, 0.25) is 0 Å². The lowest BCUT2D eigenvalue weighted by molar-refractivity contribution is 0.112. The molecule has 2 aromatic rings. The lowest BCUT2D eigenvalue weighted by Crippen LogP contribution is -2.17. The first-order chi connectivity index (χ1) is 8.29. The minimum atomic E-state index is 0.398. The number of rotatable bonds is 2. The number of nitrogens with zero attached hydrogens (tertiary/aromatic N) is 3. The van der Waals surface area contributed by atoms with Crippen LogP contribution in [0.1, 0.15) is 34.9 Å². The Morgan fingerprint density at radius 2 is 2.41 bits per heavy atom. The van der Waals surface area contributed by atoms with E-state index in [2.05, 4.69) is 16.9 Å². The maximum Gasteiger partial charge on any atom is 0.153 e. The maximum atomic E-state index is 11.0. The summed E-state index contributed by atoms with van der Waals surface area (Å²) in [5.41, 5.74) is 2.48. The van der Waals surface area contributed by atoms with E-state index in [4.69, 9.17) is 0 Å². The van der Waals surface area contributed by atoms with Crippen LogP contribution in [0.3, 0.4) is 0 Å². The molecule has 1 fully saturated rings. The SMILES string of the molecule is CN1CCCC1c1cn2cccc(C=O)c2n1. The number of imidazole rings is 1. The van der Waals surface area contributed by atoms with Gasteiger partial charge in [0.15, 0.2) is 6.29 Å². The van der Waals surface area contributed by atoms with Crippen molar-refractivity contribution in [3.05, 3.63) is 35.8 Å². The normalized spacial score (nSPS) is 21.1. The Labute approximate surface area is 99.9 Å². The van der Waals surface area contributed by atoms with Gasteiger partial charge in [-0.05, 0) is 38.6 Å². The largest absolute Gasteiger partial charge is 0.306 e. The molecule has 1 atom stereocenters. The highest BCUT2D eigenvalue weighted by atomic mass is 16.1. The van der Waals surface area contributed by atoms with Gasteiger partial charge in [0.1, 0.15) is 5.65 Å². The molecular formula is C13H15N3O. The van der Waals surface area contributed by atoms with Crippen LogP contribution in [0.5, 0.6) is 0 Å². The average Bonchev–Trinajstić information content (AvgIpc) is 2.93. The zero-order chi connectivity index (χ0) is 11.8. The molecule has 0 aliphatic carbocycles. The van der Waals surface area contributed by atoms with E-state index in [1.807, 2.05) is 22.9 Å². The number of likely N-dealkylation sites (tertiary alicyclic amines) is 1. The number of hydrogen-bond acceptors (Lipinski definition) is 3. The monoisotopic (exact) mass is 229 g/mol. The number of aromatic nitrogens is 2. The van der Waals surface area contributed by atoms with E-state index in [0.29, 0.717) is 11.6 Å². The van der Waals surface area contributed by atoms with Gasteiger partial charge >= 0.3 is 0 Å². The molecule has 0 bridgehead atoms. The summed E-state index contributed by atoms with van der Waals surface area (Å²) >= 11 is 0. The van der Waals surface area contributed by atoms with Gasteiger partial charge < -0.3 is 4.40 Å². The van der Waals surface area contributed by atoms with Crippen molar-refractivity contribution < 1.29 is 4.79 Å². The van der Waals surface area contributed by atoms with E-state index in [-0.39, 0.29) is 0 Å². The molecule has 2 aromatic heterocycles. The molecule has 0 aromatic carbocycles. The second kappa shape index (κ2) is 3.96. The maximum absolute atomic E-state index is 11.0. The smallest absolute Gasteiger partial charge is 0.153 e. The molecule has 4 nitrogen and oxygen atoms in total. The van der Waals surface area contributed by atoms with E-state index in [0.717, 1.165) is 30.6 Å². The summed E-state index contributed by atoms with van der Waals surface area (Å²) in [5.74, 6) is 0. The number of carbonyl (C=O) groups is 1. The van der Waals surface area contributed by atoms with Crippen molar-refractivity contribution in [1.29, 1.82) is 0 Å². The van der Waals surface area contributed by atoms with Crippen LogP contribution in [0, 0.1) is 0 Å². The first-order valence-electron chi connectivity index (χ1n) is 5.92. The van der Waals surface area contributed by atoms with Gasteiger partial charge in [-0.2, -0.15) is 0 Å². The van der Waals surface area contributed by atoms with E-state index in [1.165, 1.54) is 6.42 Å². The van der Waals surface area contributed by atoms with Crippen molar-refractivity contribution in [2.24, 2.45) is 0 Å². The summed E-state index contributed by atoms with van der Waals surface area (Å²) in [4.78, 5) is 17.9. The van der Waals surface area contributed by atoms with Crippen LogP contribution in [0.4, 0.5) is 0 Å². The van der Waals surface area contributed by atoms with Crippen molar-refractivity contribution in [1.82, 2.24) is 14.3 Å². The number of fused-ring (bicyclic) bond motifs is 1. The van der Waals surface area contributed by atoms with Gasteiger partial charge in [-0.3, -0.25) is 9.69 Å². The quantitative estimate of drug-likeness (QED) is 0.738. The lowest BCUT2D eigenvalue weighted by Gasteiger charge is -2.16. The molecule has 0 spiro atoms. The van der Waals surface area contributed by atoms with Crippen molar-refractivity contribution in [3.63, 3.8) is 0 Å². The highest BCUT2D eigenvalue weighted by Crippen LogP contribution is 2.29. The summed E-state index contributed by atoms with van der Waals surface area (Å²) in [7, 11) is 2.13. The van der Waals surface area contributed by atoms with Crippen LogP contribution in [-0.4, -0.2) is 34.2 Å². The predicted molar refractivity (Wildman–Crippen MR) is 65.2 cm³/mol. The van der Waals surface area contributed by atoms with Crippen molar-refractivity contribution >= 4 is 11.9 Å². The minimum absolute atomic E-state index is 0.398. The molecule has 4 heteroatoms. The standard InChI is InChI=1S/C13H15N3O/c1-15-6-3-5-12(15)11-8-16-7-2-4-10(9-17)13(16)14-11/h2,4,7-9,12H,3,5-6H2,1H3. The summed E-state index contributed by atoms with van der Waals surface area (Å²) in [6.45, 7) is 1.12. The molecule has 0 N–H and O–H groups in total. The Kier molecular flexibility index (Phi) is 2.44. The Hall–Kier alpha value is -1.68. The third-order valence-electron chi connectivity index (χ3n) is 3.52. The van der Waals surface area contributed by atoms with E-state index in [1.54, 1.807) is 6.07 Å². The minimum Gasteiger partial charge on any atom is -0.306 e. The summed E-state index contributed by atoms with van der Waals surface area (Å²) < 4.78 is 1.94. The molecule has 0 saturated carbocycles. The number of pyridine rings is 1. The van der Waals surface area contributed by atoms with E-state index < -0.39 is 0 Å². The Balaban J connectivity index is 2.10. The highest BCUT2D eigenvalue weighted by Gasteiger charge is 2.25. The van der Waals surface area contributed by atoms with Gasteiger partial charge in [-0.1, -0.05) is 0 Å². The molecule has 1 saturated heterocycles. The zero-order valence-electron chi connectivity index (χ0n) is 9.84. The van der Waals surface area contributed by atoms with Crippen LogP contribution >= 0.6 is 0 Å². The average molecular weight is 229 g/mol. The fourth-order valence-electron chi connectivity index (χ4n) is 2.59. The van der Waals surface area contributed by atoms with Crippen LogP contribution in [0.2, 0.25) is 0 Å². The highest BCUT2D eigenvalue weighted by molar-refractivity contribution is 5.84. The zero-order valence-corrected chi connectivity index (χ0v) is 9.84. The number of aldehydes is 1. The molecule has 0 amide bonds. The summed E-state index contributed by atoms with van der Waals surface area (Å²) in [6.07, 6.45) is 7.21. The van der Waals surface area contributed by atoms with Crippen molar-refractivity contribution in [2.45, 2.75) is 18.9 Å². The van der Waals surface area contributed by atoms with E-state index in [9.17, 15) is 4.79 Å². The van der Waals surface area contributed by atoms with Crippen LogP contribution in [-0.2, 0) is 0 Å². The van der Waals surface area contributed by atoms with Crippen LogP contribution < -0.4 is 0 Å². The van der Waals surface area contributed by atoms with Crippen LogP contribution in [0.25, 0.3) is 5.65 Å². The molecule has 3 rings (SSSR count). The Bertz CT molecular complexity index is 561. The second-order valence-electron chi connectivity index (χ2n) is 4.62. The Morgan fingerprint density at radius 3 is 3.12 bits per heavy atom. The Morgan fingerprint density at radius 1 is 1.53 bits per heavy atom. The molecule has 1 aliphatic heterocycles. The number of carbonyl (C=O) groups excluding carboxylic acids is 1. The molecule has 88 valence electrons. The molecule has 3 heterocycles. The second-order valence-corrected chi connectivity index (χ2v) is 4.62. The van der Waals surface area contributed by atoms with Gasteiger partial charge in [0, 0.05) is 12.4 Å². The first kappa shape index (κ1) is 10.5. The molecule has 0 radical (unpaired) electrons. The fraction of sp³-hybridized carbons (Fsp3) is 0.385. The summed E-state index contributed by atoms with van der Waals surface area (Å²) in [5, 5.41) is 0. The molecule has 1 aliphatic rings. The molecular weight excluding hydrogens is 214 g/mol. The molecule has 1 unspecified atom stereocenters. The number of hydrogen-bond donors (Lipinski definition) is 0. The summed E-state index contributed by atoms with van der Waals surface area (Å²) in [6, 6.07) is 4.08. The van der Waals surface area contributed by atoms with Crippen molar-refractivity contribution in [2.75, 3.05) is 13.6 Å². The van der Waals surface area contributed by atoms with Crippen LogP contribution in [0.15, 0.2) is 24.5 Å². The van der Waals surface area contributed by atoms with Crippen molar-refractivity contribution in [3.8, 4) is 0 Å².